The number of hydrogen-bond acceptors (Lipinski definition) is 5. The van der Waals surface area contributed by atoms with Crippen LogP contribution in [-0.2, 0) is 9.53 Å². The molecule has 1 atom stereocenters. The zero-order chi connectivity index (χ0) is 20.2. The van der Waals surface area contributed by atoms with Gasteiger partial charge in [-0.2, -0.15) is 0 Å². The Morgan fingerprint density at radius 3 is 2.41 bits per heavy atom. The summed E-state index contributed by atoms with van der Waals surface area (Å²) in [6.45, 7) is 6.81. The van der Waals surface area contributed by atoms with Gasteiger partial charge < -0.3 is 26.0 Å². The number of nitrogens with one attached hydrogen (secondary N) is 4. The van der Waals surface area contributed by atoms with Gasteiger partial charge in [0.15, 0.2) is 0 Å². The molecule has 0 aromatic heterocycles. The molecule has 1 fully saturated rings. The normalized spacial score (nSPS) is 14.7. The van der Waals surface area contributed by atoms with E-state index in [4.69, 9.17) is 4.74 Å². The Bertz CT molecular complexity index is 723. The van der Waals surface area contributed by atoms with E-state index in [-0.39, 0.29) is 5.91 Å². The molecule has 0 spiro atoms. The molecule has 1 aromatic carbocycles. The van der Waals surface area contributed by atoms with E-state index in [1.165, 1.54) is 0 Å². The lowest BCUT2D eigenvalue weighted by Gasteiger charge is -2.22. The van der Waals surface area contributed by atoms with E-state index in [9.17, 15) is 14.4 Å². The summed E-state index contributed by atoms with van der Waals surface area (Å²) >= 11 is 0. The molecule has 4 N–H and O–H groups in total. The van der Waals surface area contributed by atoms with E-state index in [2.05, 4.69) is 21.3 Å². The molecule has 0 radical (unpaired) electrons. The maximum Gasteiger partial charge on any atom is 0.408 e. The predicted octanol–water partition coefficient (Wildman–Crippen LogP) is 2.47. The van der Waals surface area contributed by atoms with Crippen LogP contribution < -0.4 is 21.3 Å². The van der Waals surface area contributed by atoms with Gasteiger partial charge in [0.05, 0.1) is 16.9 Å². The van der Waals surface area contributed by atoms with Crippen LogP contribution in [0.25, 0.3) is 0 Å². The van der Waals surface area contributed by atoms with Gasteiger partial charge in [-0.1, -0.05) is 6.07 Å². The SMILES string of the molecule is CNC(=O)c1cccc(NC(=O)C(C)NC(=O)OC(C)(C)C)c1NC1CC1. The first-order chi connectivity index (χ1) is 12.6. The van der Waals surface area contributed by atoms with Crippen LogP contribution in [0.3, 0.4) is 0 Å². The number of rotatable bonds is 6. The average Bonchev–Trinajstić information content (AvgIpc) is 3.37. The molecule has 1 unspecified atom stereocenters. The summed E-state index contributed by atoms with van der Waals surface area (Å²) in [5, 5.41) is 11.2. The summed E-state index contributed by atoms with van der Waals surface area (Å²) in [6, 6.07) is 4.60. The van der Waals surface area contributed by atoms with Crippen molar-refractivity contribution in [2.24, 2.45) is 0 Å². The number of para-hydroxylation sites is 1. The van der Waals surface area contributed by atoms with E-state index in [1.54, 1.807) is 52.9 Å². The molecule has 1 aliphatic carbocycles. The van der Waals surface area contributed by atoms with Crippen molar-refractivity contribution in [3.05, 3.63) is 23.8 Å². The molecule has 0 aliphatic heterocycles. The van der Waals surface area contributed by atoms with E-state index in [1.807, 2.05) is 0 Å². The fraction of sp³-hybridized carbons (Fsp3) is 0.526. The van der Waals surface area contributed by atoms with Crippen LogP contribution in [0.4, 0.5) is 16.2 Å². The van der Waals surface area contributed by atoms with Gasteiger partial charge in [0.1, 0.15) is 11.6 Å². The lowest BCUT2D eigenvalue weighted by molar-refractivity contribution is -0.117. The highest BCUT2D eigenvalue weighted by Crippen LogP contribution is 2.32. The van der Waals surface area contributed by atoms with Gasteiger partial charge in [-0.3, -0.25) is 9.59 Å². The van der Waals surface area contributed by atoms with E-state index in [0.29, 0.717) is 23.0 Å². The standard InChI is InChI=1S/C19H28N4O4/c1-11(21-18(26)27-19(2,3)4)16(24)23-14-8-6-7-13(17(25)20-5)15(14)22-12-9-10-12/h6-8,11-12,22H,9-10H2,1-5H3,(H,20,25)(H,21,26)(H,23,24). The van der Waals surface area contributed by atoms with Crippen LogP contribution in [0.5, 0.6) is 0 Å². The highest BCUT2D eigenvalue weighted by atomic mass is 16.6. The van der Waals surface area contributed by atoms with Crippen LogP contribution in [0.15, 0.2) is 18.2 Å². The van der Waals surface area contributed by atoms with E-state index < -0.39 is 23.6 Å². The number of benzene rings is 1. The zero-order valence-electron chi connectivity index (χ0n) is 16.4. The quantitative estimate of drug-likeness (QED) is 0.610. The first-order valence-corrected chi connectivity index (χ1v) is 9.02. The van der Waals surface area contributed by atoms with Gasteiger partial charge in [0.2, 0.25) is 5.91 Å². The molecule has 1 saturated carbocycles. The van der Waals surface area contributed by atoms with Crippen LogP contribution in [0.2, 0.25) is 0 Å². The molecule has 0 heterocycles. The second kappa shape index (κ2) is 8.28. The Hall–Kier alpha value is -2.77. The van der Waals surface area contributed by atoms with E-state index >= 15 is 0 Å². The first-order valence-electron chi connectivity index (χ1n) is 9.02. The molecule has 27 heavy (non-hydrogen) atoms. The summed E-state index contributed by atoms with van der Waals surface area (Å²) in [5.74, 6) is -0.650. The molecule has 3 amide bonds. The van der Waals surface area contributed by atoms with Crippen molar-refractivity contribution in [1.29, 1.82) is 0 Å². The molecule has 0 bridgehead atoms. The summed E-state index contributed by atoms with van der Waals surface area (Å²) < 4.78 is 5.16. The van der Waals surface area contributed by atoms with Crippen molar-refractivity contribution >= 4 is 29.3 Å². The fourth-order valence-corrected chi connectivity index (χ4v) is 2.36. The molecule has 8 nitrogen and oxygen atoms in total. The minimum Gasteiger partial charge on any atom is -0.444 e. The Morgan fingerprint density at radius 2 is 1.85 bits per heavy atom. The third-order valence-electron chi connectivity index (χ3n) is 3.85. The van der Waals surface area contributed by atoms with Gasteiger partial charge in [0.25, 0.3) is 5.91 Å². The highest BCUT2D eigenvalue weighted by molar-refractivity contribution is 6.06. The van der Waals surface area contributed by atoms with Crippen molar-refractivity contribution in [3.8, 4) is 0 Å². The molecule has 1 aromatic rings. The lowest BCUT2D eigenvalue weighted by atomic mass is 10.1. The van der Waals surface area contributed by atoms with Crippen molar-refractivity contribution in [2.45, 2.75) is 58.2 Å². The van der Waals surface area contributed by atoms with Crippen molar-refractivity contribution in [3.63, 3.8) is 0 Å². The van der Waals surface area contributed by atoms with Crippen LogP contribution >= 0.6 is 0 Å². The average molecular weight is 376 g/mol. The van der Waals surface area contributed by atoms with Crippen LogP contribution in [0, 0.1) is 0 Å². The monoisotopic (exact) mass is 376 g/mol. The van der Waals surface area contributed by atoms with Crippen LogP contribution in [-0.4, -0.2) is 42.6 Å². The predicted molar refractivity (Wildman–Crippen MR) is 104 cm³/mol. The fourth-order valence-electron chi connectivity index (χ4n) is 2.36. The number of amides is 3. The first kappa shape index (κ1) is 20.5. The minimum atomic E-state index is -0.808. The summed E-state index contributed by atoms with van der Waals surface area (Å²) in [4.78, 5) is 36.5. The van der Waals surface area contributed by atoms with Crippen molar-refractivity contribution < 1.29 is 19.1 Å². The number of anilines is 2. The molecule has 8 heteroatoms. The summed E-state index contributed by atoms with van der Waals surface area (Å²) in [5.41, 5.74) is 0.877. The Kier molecular flexibility index (Phi) is 6.30. The van der Waals surface area contributed by atoms with Gasteiger partial charge in [-0.25, -0.2) is 4.79 Å². The van der Waals surface area contributed by atoms with Crippen LogP contribution in [0.1, 0.15) is 50.9 Å². The topological polar surface area (TPSA) is 109 Å². The summed E-state index contributed by atoms with van der Waals surface area (Å²) in [7, 11) is 1.56. The van der Waals surface area contributed by atoms with E-state index in [0.717, 1.165) is 12.8 Å². The second-order valence-corrected chi connectivity index (χ2v) is 7.58. The molecule has 2 rings (SSSR count). The number of alkyl carbamates (subject to hydrolysis) is 1. The number of ether oxygens (including phenoxy) is 1. The number of carbonyl (C=O) groups is 3. The highest BCUT2D eigenvalue weighted by Gasteiger charge is 2.26. The molecular formula is C19H28N4O4. The third kappa shape index (κ3) is 6.16. The second-order valence-electron chi connectivity index (χ2n) is 7.58. The van der Waals surface area contributed by atoms with Gasteiger partial charge in [-0.05, 0) is 52.7 Å². The smallest absolute Gasteiger partial charge is 0.408 e. The van der Waals surface area contributed by atoms with Gasteiger partial charge >= 0.3 is 6.09 Å². The molecule has 148 valence electrons. The molecule has 1 aliphatic rings. The largest absolute Gasteiger partial charge is 0.444 e. The van der Waals surface area contributed by atoms with Gasteiger partial charge in [0, 0.05) is 13.1 Å². The maximum atomic E-state index is 12.5. The Labute approximate surface area is 159 Å². The minimum absolute atomic E-state index is 0.242. The third-order valence-corrected chi connectivity index (χ3v) is 3.85. The number of carbonyl (C=O) groups excluding carboxylic acids is 3. The zero-order valence-corrected chi connectivity index (χ0v) is 16.4. The lowest BCUT2D eigenvalue weighted by Crippen LogP contribution is -2.44. The van der Waals surface area contributed by atoms with Crippen molar-refractivity contribution in [1.82, 2.24) is 10.6 Å². The molecular weight excluding hydrogens is 348 g/mol. The maximum absolute atomic E-state index is 12.5. The Morgan fingerprint density at radius 1 is 1.19 bits per heavy atom. The molecule has 0 saturated heterocycles. The van der Waals surface area contributed by atoms with Gasteiger partial charge in [-0.15, -0.1) is 0 Å². The van der Waals surface area contributed by atoms with Crippen molar-refractivity contribution in [2.75, 3.05) is 17.7 Å². The number of hydrogen-bond donors (Lipinski definition) is 4. The summed E-state index contributed by atoms with van der Waals surface area (Å²) in [6.07, 6.45) is 1.37. The Balaban J connectivity index is 2.12.